The summed E-state index contributed by atoms with van der Waals surface area (Å²) in [6.07, 6.45) is 5.00. The Morgan fingerprint density at radius 2 is 2.10 bits per heavy atom. The van der Waals surface area contributed by atoms with Gasteiger partial charge >= 0.3 is 0 Å². The molecule has 21 heavy (non-hydrogen) atoms. The Morgan fingerprint density at radius 3 is 2.67 bits per heavy atom. The molecule has 1 aliphatic rings. The molecular weight excluding hydrogens is 268 g/mol. The minimum absolute atomic E-state index is 0.238. The molecule has 6 nitrogen and oxygen atoms in total. The van der Waals surface area contributed by atoms with Gasteiger partial charge in [0.25, 0.3) is 5.91 Å². The number of imide groups is 1. The maximum Gasteiger partial charge on any atom is 0.274 e. The quantitative estimate of drug-likeness (QED) is 0.820. The fourth-order valence-corrected chi connectivity index (χ4v) is 2.80. The SMILES string of the molecule is Cn1cccc1C(=O)NC(=O)CN1CCC(CCN)CC1. The fraction of sp³-hybridized carbons (Fsp3) is 0.600. The summed E-state index contributed by atoms with van der Waals surface area (Å²) in [4.78, 5) is 26.0. The third kappa shape index (κ3) is 4.41. The Balaban J connectivity index is 1.75. The molecule has 2 heterocycles. The second kappa shape index (κ2) is 7.38. The molecule has 1 aromatic heterocycles. The van der Waals surface area contributed by atoms with E-state index >= 15 is 0 Å². The van der Waals surface area contributed by atoms with E-state index in [9.17, 15) is 9.59 Å². The molecule has 0 atom stereocenters. The maximum absolute atomic E-state index is 11.9. The number of likely N-dealkylation sites (tertiary alicyclic amines) is 1. The lowest BCUT2D eigenvalue weighted by molar-refractivity contribution is -0.121. The number of carbonyl (C=O) groups excluding carboxylic acids is 2. The van der Waals surface area contributed by atoms with Crippen molar-refractivity contribution in [3.8, 4) is 0 Å². The van der Waals surface area contributed by atoms with Crippen molar-refractivity contribution in [3.63, 3.8) is 0 Å². The third-order valence-electron chi connectivity index (χ3n) is 4.08. The first-order chi connectivity index (χ1) is 10.1. The van der Waals surface area contributed by atoms with Crippen molar-refractivity contribution in [2.75, 3.05) is 26.2 Å². The van der Waals surface area contributed by atoms with Crippen LogP contribution in [0.5, 0.6) is 0 Å². The Hall–Kier alpha value is -1.66. The number of nitrogens with two attached hydrogens (primary N) is 1. The summed E-state index contributed by atoms with van der Waals surface area (Å²) in [6.45, 7) is 2.81. The van der Waals surface area contributed by atoms with Crippen LogP contribution in [-0.4, -0.2) is 47.5 Å². The van der Waals surface area contributed by atoms with E-state index in [1.807, 2.05) is 0 Å². The number of hydrogen-bond acceptors (Lipinski definition) is 4. The number of nitrogens with zero attached hydrogens (tertiary/aromatic N) is 2. The number of rotatable bonds is 5. The molecule has 3 N–H and O–H groups in total. The summed E-state index contributed by atoms with van der Waals surface area (Å²) in [5.74, 6) is 0.100. The van der Waals surface area contributed by atoms with Crippen LogP contribution in [0.15, 0.2) is 18.3 Å². The van der Waals surface area contributed by atoms with E-state index < -0.39 is 0 Å². The molecule has 0 bridgehead atoms. The smallest absolute Gasteiger partial charge is 0.274 e. The van der Waals surface area contributed by atoms with Gasteiger partial charge < -0.3 is 10.3 Å². The summed E-state index contributed by atoms with van der Waals surface area (Å²) in [5.41, 5.74) is 6.06. The standard InChI is InChI=1S/C15H24N4O2/c1-18-8-2-3-13(18)15(21)17-14(20)11-19-9-5-12(4-7-16)6-10-19/h2-3,8,12H,4-7,9-11,16H2,1H3,(H,17,20,21). The van der Waals surface area contributed by atoms with Crippen LogP contribution in [0.2, 0.25) is 0 Å². The van der Waals surface area contributed by atoms with E-state index in [1.54, 1.807) is 29.9 Å². The van der Waals surface area contributed by atoms with Crippen LogP contribution in [0.3, 0.4) is 0 Å². The minimum Gasteiger partial charge on any atom is -0.347 e. The number of hydrogen-bond donors (Lipinski definition) is 2. The molecule has 0 spiro atoms. The van der Waals surface area contributed by atoms with Crippen LogP contribution < -0.4 is 11.1 Å². The average molecular weight is 292 g/mol. The summed E-state index contributed by atoms with van der Waals surface area (Å²) in [5, 5.41) is 2.45. The van der Waals surface area contributed by atoms with Crippen molar-refractivity contribution >= 4 is 11.8 Å². The molecular formula is C15H24N4O2. The Bertz CT molecular complexity index is 490. The van der Waals surface area contributed by atoms with Crippen molar-refractivity contribution < 1.29 is 9.59 Å². The maximum atomic E-state index is 11.9. The van der Waals surface area contributed by atoms with Crippen molar-refractivity contribution in [1.29, 1.82) is 0 Å². The monoisotopic (exact) mass is 292 g/mol. The molecule has 1 aliphatic heterocycles. The third-order valence-corrected chi connectivity index (χ3v) is 4.08. The molecule has 1 fully saturated rings. The van der Waals surface area contributed by atoms with Crippen molar-refractivity contribution in [2.24, 2.45) is 18.7 Å². The predicted molar refractivity (Wildman–Crippen MR) is 80.7 cm³/mol. The molecule has 6 heteroatoms. The van der Waals surface area contributed by atoms with Gasteiger partial charge in [-0.25, -0.2) is 0 Å². The lowest BCUT2D eigenvalue weighted by Crippen LogP contribution is -2.43. The van der Waals surface area contributed by atoms with Gasteiger partial charge in [0.15, 0.2) is 0 Å². The summed E-state index contributed by atoms with van der Waals surface area (Å²) in [7, 11) is 1.78. The van der Waals surface area contributed by atoms with Crippen LogP contribution in [-0.2, 0) is 11.8 Å². The minimum atomic E-state index is -0.342. The highest BCUT2D eigenvalue weighted by Gasteiger charge is 2.21. The van der Waals surface area contributed by atoms with Crippen molar-refractivity contribution in [3.05, 3.63) is 24.0 Å². The van der Waals surface area contributed by atoms with Gasteiger partial charge in [-0.05, 0) is 56.9 Å². The van der Waals surface area contributed by atoms with Gasteiger partial charge in [0.05, 0.1) is 6.54 Å². The molecule has 0 radical (unpaired) electrons. The molecule has 0 saturated carbocycles. The van der Waals surface area contributed by atoms with Gasteiger partial charge in [-0.2, -0.15) is 0 Å². The van der Waals surface area contributed by atoms with Crippen LogP contribution in [0, 0.1) is 5.92 Å². The van der Waals surface area contributed by atoms with Crippen LogP contribution in [0.25, 0.3) is 0 Å². The molecule has 0 unspecified atom stereocenters. The number of carbonyl (C=O) groups is 2. The zero-order valence-corrected chi connectivity index (χ0v) is 12.5. The molecule has 2 rings (SSSR count). The van der Waals surface area contributed by atoms with Crippen LogP contribution >= 0.6 is 0 Å². The summed E-state index contributed by atoms with van der Waals surface area (Å²) >= 11 is 0. The van der Waals surface area contributed by atoms with Crippen molar-refractivity contribution in [2.45, 2.75) is 19.3 Å². The number of aryl methyl sites for hydroxylation is 1. The summed E-state index contributed by atoms with van der Waals surface area (Å²) in [6, 6.07) is 3.47. The summed E-state index contributed by atoms with van der Waals surface area (Å²) < 4.78 is 1.70. The highest BCUT2D eigenvalue weighted by Crippen LogP contribution is 2.19. The normalized spacial score (nSPS) is 16.9. The molecule has 1 aromatic rings. The van der Waals surface area contributed by atoms with Gasteiger partial charge in [-0.15, -0.1) is 0 Å². The van der Waals surface area contributed by atoms with Crippen molar-refractivity contribution in [1.82, 2.24) is 14.8 Å². The van der Waals surface area contributed by atoms with E-state index in [4.69, 9.17) is 5.73 Å². The van der Waals surface area contributed by atoms with Gasteiger partial charge in [-0.1, -0.05) is 0 Å². The zero-order valence-electron chi connectivity index (χ0n) is 12.5. The lowest BCUT2D eigenvalue weighted by Gasteiger charge is -2.31. The Kier molecular flexibility index (Phi) is 5.52. The van der Waals surface area contributed by atoms with E-state index in [1.165, 1.54) is 0 Å². The second-order valence-corrected chi connectivity index (χ2v) is 5.68. The second-order valence-electron chi connectivity index (χ2n) is 5.68. The van der Waals surface area contributed by atoms with E-state index in [2.05, 4.69) is 10.2 Å². The molecule has 0 aliphatic carbocycles. The predicted octanol–water partition coefficient (Wildman–Crippen LogP) is 0.342. The molecule has 2 amide bonds. The van der Waals surface area contributed by atoms with E-state index in [-0.39, 0.29) is 18.4 Å². The highest BCUT2D eigenvalue weighted by molar-refractivity contribution is 6.04. The van der Waals surface area contributed by atoms with Gasteiger partial charge in [0.2, 0.25) is 5.91 Å². The van der Waals surface area contributed by atoms with E-state index in [0.29, 0.717) is 11.6 Å². The lowest BCUT2D eigenvalue weighted by atomic mass is 9.94. The largest absolute Gasteiger partial charge is 0.347 e. The molecule has 0 aromatic carbocycles. The Labute approximate surface area is 125 Å². The first-order valence-corrected chi connectivity index (χ1v) is 7.48. The number of amides is 2. The van der Waals surface area contributed by atoms with Crippen LogP contribution in [0.4, 0.5) is 0 Å². The van der Waals surface area contributed by atoms with Gasteiger partial charge in [-0.3, -0.25) is 19.8 Å². The molecule has 1 saturated heterocycles. The first-order valence-electron chi connectivity index (χ1n) is 7.48. The highest BCUT2D eigenvalue weighted by atomic mass is 16.2. The number of nitrogens with one attached hydrogen (secondary N) is 1. The van der Waals surface area contributed by atoms with E-state index in [0.717, 1.165) is 38.9 Å². The Morgan fingerprint density at radius 1 is 1.38 bits per heavy atom. The number of aromatic nitrogens is 1. The van der Waals surface area contributed by atoms with Crippen LogP contribution in [0.1, 0.15) is 29.8 Å². The van der Waals surface area contributed by atoms with Gasteiger partial charge in [0, 0.05) is 13.2 Å². The first kappa shape index (κ1) is 15.7. The average Bonchev–Trinajstić information content (AvgIpc) is 2.87. The zero-order chi connectivity index (χ0) is 15.2. The number of piperidine rings is 1. The topological polar surface area (TPSA) is 80.4 Å². The van der Waals surface area contributed by atoms with Gasteiger partial charge in [0.1, 0.15) is 5.69 Å². The fourth-order valence-electron chi connectivity index (χ4n) is 2.80. The molecule has 116 valence electrons.